The van der Waals surface area contributed by atoms with E-state index in [1.54, 1.807) is 6.07 Å². The molecule has 1 saturated heterocycles. The molecule has 1 atom stereocenters. The fraction of sp³-hybridized carbons (Fsp3) is 0.462. The zero-order chi connectivity index (χ0) is 13.0. The van der Waals surface area contributed by atoms with Crippen molar-refractivity contribution in [3.8, 4) is 0 Å². The lowest BCUT2D eigenvalue weighted by Crippen LogP contribution is -2.43. The number of nitrogens with one attached hydrogen (secondary N) is 2. The van der Waals surface area contributed by atoms with Gasteiger partial charge in [0.15, 0.2) is 0 Å². The van der Waals surface area contributed by atoms with Crippen LogP contribution < -0.4 is 10.6 Å². The van der Waals surface area contributed by atoms with Gasteiger partial charge < -0.3 is 10.6 Å². The first kappa shape index (κ1) is 13.8. The van der Waals surface area contributed by atoms with Gasteiger partial charge >= 0.3 is 0 Å². The maximum Gasteiger partial charge on any atom is 0.252 e. The molecule has 0 bridgehead atoms. The van der Waals surface area contributed by atoms with Crippen molar-refractivity contribution in [2.45, 2.75) is 25.3 Å². The first-order valence-electron chi connectivity index (χ1n) is 6.14. The second kappa shape index (κ2) is 6.55. The minimum absolute atomic E-state index is 0.117. The number of carbonyl (C=O) groups excluding carboxylic acids is 1. The topological polar surface area (TPSA) is 41.1 Å². The molecule has 1 aromatic carbocycles. The summed E-state index contributed by atoms with van der Waals surface area (Å²) in [6.07, 6.45) is 3.57. The average molecular weight is 332 g/mol. The number of benzene rings is 1. The van der Waals surface area contributed by atoms with E-state index in [0.29, 0.717) is 23.2 Å². The predicted octanol–water partition coefficient (Wildman–Crippen LogP) is 2.97. The van der Waals surface area contributed by atoms with Gasteiger partial charge in [0.1, 0.15) is 0 Å². The van der Waals surface area contributed by atoms with Crippen LogP contribution in [0, 0.1) is 0 Å². The Balaban J connectivity index is 1.93. The highest BCUT2D eigenvalue weighted by Crippen LogP contribution is 2.25. The molecule has 1 unspecified atom stereocenters. The standard InChI is InChI=1S/C13H16BrClN2O/c14-11-6-3-5-10(12(11)15)13(18)17-8-9-4-1-2-7-16-9/h3,5-6,9,16H,1-2,4,7-8H2,(H,17,18). The molecule has 0 aromatic heterocycles. The van der Waals surface area contributed by atoms with Gasteiger partial charge in [-0.3, -0.25) is 4.79 Å². The quantitative estimate of drug-likeness (QED) is 0.894. The lowest BCUT2D eigenvalue weighted by Gasteiger charge is -2.23. The molecule has 0 spiro atoms. The number of halogens is 2. The van der Waals surface area contributed by atoms with Gasteiger partial charge in [0.25, 0.3) is 5.91 Å². The lowest BCUT2D eigenvalue weighted by molar-refractivity contribution is 0.0948. The molecular weight excluding hydrogens is 316 g/mol. The number of piperidine rings is 1. The van der Waals surface area contributed by atoms with E-state index in [-0.39, 0.29) is 5.91 Å². The molecule has 3 nitrogen and oxygen atoms in total. The van der Waals surface area contributed by atoms with Gasteiger partial charge in [-0.05, 0) is 47.4 Å². The highest BCUT2D eigenvalue weighted by molar-refractivity contribution is 9.10. The second-order valence-electron chi connectivity index (χ2n) is 4.46. The molecule has 18 heavy (non-hydrogen) atoms. The van der Waals surface area contributed by atoms with Crippen molar-refractivity contribution in [2.75, 3.05) is 13.1 Å². The first-order valence-corrected chi connectivity index (χ1v) is 7.31. The largest absolute Gasteiger partial charge is 0.350 e. The molecule has 1 fully saturated rings. The van der Waals surface area contributed by atoms with Crippen LogP contribution >= 0.6 is 27.5 Å². The van der Waals surface area contributed by atoms with E-state index in [4.69, 9.17) is 11.6 Å². The van der Waals surface area contributed by atoms with Crippen molar-refractivity contribution in [1.29, 1.82) is 0 Å². The summed E-state index contributed by atoms with van der Waals surface area (Å²) in [6, 6.07) is 5.75. The molecule has 1 amide bonds. The van der Waals surface area contributed by atoms with E-state index in [2.05, 4.69) is 26.6 Å². The maximum atomic E-state index is 12.0. The second-order valence-corrected chi connectivity index (χ2v) is 5.69. The third-order valence-electron chi connectivity index (χ3n) is 3.12. The van der Waals surface area contributed by atoms with E-state index in [1.807, 2.05) is 12.1 Å². The summed E-state index contributed by atoms with van der Waals surface area (Å²) in [6.45, 7) is 1.69. The Labute approximate surface area is 120 Å². The Morgan fingerprint density at radius 1 is 1.50 bits per heavy atom. The molecule has 0 radical (unpaired) electrons. The molecular formula is C13H16BrClN2O. The zero-order valence-electron chi connectivity index (χ0n) is 10.0. The molecule has 1 heterocycles. The lowest BCUT2D eigenvalue weighted by atomic mass is 10.1. The van der Waals surface area contributed by atoms with Crippen molar-refractivity contribution in [3.05, 3.63) is 33.3 Å². The van der Waals surface area contributed by atoms with Crippen LogP contribution in [0.1, 0.15) is 29.6 Å². The van der Waals surface area contributed by atoms with Crippen LogP contribution in [0.15, 0.2) is 22.7 Å². The van der Waals surface area contributed by atoms with E-state index >= 15 is 0 Å². The van der Waals surface area contributed by atoms with Gasteiger partial charge in [-0.1, -0.05) is 24.1 Å². The summed E-state index contributed by atoms with van der Waals surface area (Å²) in [5, 5.41) is 6.79. The van der Waals surface area contributed by atoms with Gasteiger partial charge in [0.05, 0.1) is 10.6 Å². The van der Waals surface area contributed by atoms with Crippen LogP contribution in [-0.2, 0) is 0 Å². The fourth-order valence-electron chi connectivity index (χ4n) is 2.09. The van der Waals surface area contributed by atoms with Gasteiger partial charge in [-0.15, -0.1) is 0 Å². The smallest absolute Gasteiger partial charge is 0.252 e. The van der Waals surface area contributed by atoms with Crippen LogP contribution in [0.4, 0.5) is 0 Å². The normalized spacial score (nSPS) is 19.6. The third kappa shape index (κ3) is 3.46. The molecule has 0 aliphatic carbocycles. The predicted molar refractivity (Wildman–Crippen MR) is 77.1 cm³/mol. The third-order valence-corrected chi connectivity index (χ3v) is 4.41. The van der Waals surface area contributed by atoms with E-state index < -0.39 is 0 Å². The summed E-state index contributed by atoms with van der Waals surface area (Å²) in [5.74, 6) is -0.117. The highest BCUT2D eigenvalue weighted by atomic mass is 79.9. The van der Waals surface area contributed by atoms with Crippen LogP contribution in [0.3, 0.4) is 0 Å². The minimum Gasteiger partial charge on any atom is -0.350 e. The van der Waals surface area contributed by atoms with Gasteiger partial charge in [-0.2, -0.15) is 0 Å². The summed E-state index contributed by atoms with van der Waals surface area (Å²) in [4.78, 5) is 12.0. The maximum absolute atomic E-state index is 12.0. The van der Waals surface area contributed by atoms with Crippen LogP contribution in [-0.4, -0.2) is 25.0 Å². The van der Waals surface area contributed by atoms with Crippen LogP contribution in [0.25, 0.3) is 0 Å². The molecule has 98 valence electrons. The number of rotatable bonds is 3. The Morgan fingerprint density at radius 3 is 3.06 bits per heavy atom. The van der Waals surface area contributed by atoms with Crippen molar-refractivity contribution in [3.63, 3.8) is 0 Å². The van der Waals surface area contributed by atoms with Crippen LogP contribution in [0.5, 0.6) is 0 Å². The van der Waals surface area contributed by atoms with Crippen molar-refractivity contribution in [1.82, 2.24) is 10.6 Å². The first-order chi connectivity index (χ1) is 8.68. The van der Waals surface area contributed by atoms with Crippen LogP contribution in [0.2, 0.25) is 5.02 Å². The van der Waals surface area contributed by atoms with Crippen molar-refractivity contribution < 1.29 is 4.79 Å². The number of hydrogen-bond donors (Lipinski definition) is 2. The van der Waals surface area contributed by atoms with E-state index in [1.165, 1.54) is 12.8 Å². The molecule has 0 saturated carbocycles. The Hall–Kier alpha value is -0.580. The van der Waals surface area contributed by atoms with E-state index in [0.717, 1.165) is 17.4 Å². The number of carbonyl (C=O) groups is 1. The Morgan fingerprint density at radius 2 is 2.33 bits per heavy atom. The molecule has 1 aromatic rings. The summed E-state index contributed by atoms with van der Waals surface area (Å²) < 4.78 is 0.743. The van der Waals surface area contributed by atoms with Gasteiger partial charge in [0, 0.05) is 17.1 Å². The molecule has 5 heteroatoms. The zero-order valence-corrected chi connectivity index (χ0v) is 12.4. The van der Waals surface area contributed by atoms with Crippen molar-refractivity contribution in [2.24, 2.45) is 0 Å². The number of amides is 1. The summed E-state index contributed by atoms with van der Waals surface area (Å²) in [7, 11) is 0. The molecule has 1 aliphatic rings. The van der Waals surface area contributed by atoms with Crippen molar-refractivity contribution >= 4 is 33.4 Å². The summed E-state index contributed by atoms with van der Waals surface area (Å²) >= 11 is 9.40. The van der Waals surface area contributed by atoms with Gasteiger partial charge in [0.2, 0.25) is 0 Å². The molecule has 2 rings (SSSR count). The highest BCUT2D eigenvalue weighted by Gasteiger charge is 2.16. The van der Waals surface area contributed by atoms with E-state index in [9.17, 15) is 4.79 Å². The Kier molecular flexibility index (Phi) is 5.03. The monoisotopic (exact) mass is 330 g/mol. The summed E-state index contributed by atoms with van der Waals surface area (Å²) in [5.41, 5.74) is 0.516. The van der Waals surface area contributed by atoms with Gasteiger partial charge in [-0.25, -0.2) is 0 Å². The minimum atomic E-state index is -0.117. The molecule has 1 aliphatic heterocycles. The molecule has 2 N–H and O–H groups in total. The average Bonchev–Trinajstić information content (AvgIpc) is 2.40. The Bertz CT molecular complexity index is 433. The number of hydrogen-bond acceptors (Lipinski definition) is 2. The SMILES string of the molecule is O=C(NCC1CCCCN1)c1cccc(Br)c1Cl. The fourth-order valence-corrected chi connectivity index (χ4v) is 2.67.